The van der Waals surface area contributed by atoms with Crippen LogP contribution in [-0.4, -0.2) is 49.7 Å². The molecule has 0 aromatic carbocycles. The molecule has 1 heterocycles. The Hall–Kier alpha value is -0.380. The molecule has 108 valence electrons. The van der Waals surface area contributed by atoms with Crippen LogP contribution in [0.1, 0.15) is 19.8 Å². The fourth-order valence-electron chi connectivity index (χ4n) is 1.62. The Bertz CT molecular complexity index is 364. The van der Waals surface area contributed by atoms with Gasteiger partial charge in [-0.2, -0.15) is 30.6 Å². The van der Waals surface area contributed by atoms with E-state index in [2.05, 4.69) is 0 Å². The van der Waals surface area contributed by atoms with E-state index in [0.717, 1.165) is 4.31 Å². The maximum atomic E-state index is 12.0. The Morgan fingerprint density at radius 1 is 1.39 bits per heavy atom. The molecule has 1 saturated heterocycles. The highest BCUT2D eigenvalue weighted by Crippen LogP contribution is 2.20. The summed E-state index contributed by atoms with van der Waals surface area (Å²) in [5.41, 5.74) is 0. The van der Waals surface area contributed by atoms with Crippen molar-refractivity contribution >= 4 is 10.2 Å². The van der Waals surface area contributed by atoms with Crippen molar-refractivity contribution < 1.29 is 26.7 Å². The summed E-state index contributed by atoms with van der Waals surface area (Å²) < 4.78 is 62.3. The zero-order valence-electron chi connectivity index (χ0n) is 9.94. The Kier molecular flexibility index (Phi) is 4.98. The van der Waals surface area contributed by atoms with Crippen molar-refractivity contribution in [3.63, 3.8) is 0 Å². The van der Waals surface area contributed by atoms with Gasteiger partial charge in [0.1, 0.15) is 0 Å². The first-order chi connectivity index (χ1) is 8.13. The minimum Gasteiger partial charge on any atom is -0.382 e. The number of piperidine rings is 1. The molecule has 0 aliphatic carbocycles. The monoisotopic (exact) mass is 290 g/mol. The van der Waals surface area contributed by atoms with E-state index in [1.165, 1.54) is 0 Å². The summed E-state index contributed by atoms with van der Waals surface area (Å²) in [5, 5.41) is 8.72. The summed E-state index contributed by atoms with van der Waals surface area (Å²) in [6.07, 6.45) is -6.14. The first kappa shape index (κ1) is 15.7. The molecule has 2 N–H and O–H groups in total. The van der Waals surface area contributed by atoms with Gasteiger partial charge in [-0.25, -0.2) is 0 Å². The van der Waals surface area contributed by atoms with Crippen LogP contribution in [0, 0.1) is 5.92 Å². The Balaban J connectivity index is 2.50. The lowest BCUT2D eigenvalue weighted by Crippen LogP contribution is -2.48. The van der Waals surface area contributed by atoms with Crippen molar-refractivity contribution in [1.82, 2.24) is 9.03 Å². The predicted octanol–water partition coefficient (Wildman–Crippen LogP) is 0.476. The molecule has 1 aliphatic heterocycles. The first-order valence-electron chi connectivity index (χ1n) is 5.62. The molecule has 0 radical (unpaired) electrons. The highest BCUT2D eigenvalue weighted by atomic mass is 32.2. The third kappa shape index (κ3) is 4.38. The zero-order chi connectivity index (χ0) is 14.0. The largest absolute Gasteiger partial charge is 0.415 e. The average Bonchev–Trinajstić information content (AvgIpc) is 2.25. The van der Waals surface area contributed by atoms with E-state index in [1.54, 1.807) is 4.72 Å². The number of aliphatic hydroxyl groups excluding tert-OH is 1. The standard InChI is InChI=1S/C9H17F3N2O3S/c1-7-2-4-14(5-3-7)18(16,17)13-6-8(15)9(10,11)12/h7-8,13,15H,2-6H2,1H3. The number of rotatable bonds is 4. The zero-order valence-corrected chi connectivity index (χ0v) is 10.8. The molecule has 0 saturated carbocycles. The summed E-state index contributed by atoms with van der Waals surface area (Å²) in [5.74, 6) is 0.414. The Morgan fingerprint density at radius 3 is 2.33 bits per heavy atom. The maximum Gasteiger partial charge on any atom is 0.415 e. The number of hydrogen-bond acceptors (Lipinski definition) is 3. The van der Waals surface area contributed by atoms with Gasteiger partial charge in [0.2, 0.25) is 0 Å². The van der Waals surface area contributed by atoms with E-state index in [0.29, 0.717) is 31.8 Å². The van der Waals surface area contributed by atoms with Gasteiger partial charge in [0.25, 0.3) is 10.2 Å². The number of alkyl halides is 3. The van der Waals surface area contributed by atoms with Crippen LogP contribution in [0.2, 0.25) is 0 Å². The second-order valence-electron chi connectivity index (χ2n) is 4.49. The van der Waals surface area contributed by atoms with Gasteiger partial charge < -0.3 is 5.11 Å². The molecule has 1 aliphatic rings. The van der Waals surface area contributed by atoms with Crippen LogP contribution >= 0.6 is 0 Å². The maximum absolute atomic E-state index is 12.0. The van der Waals surface area contributed by atoms with Gasteiger partial charge in [-0.15, -0.1) is 0 Å². The van der Waals surface area contributed by atoms with Crippen LogP contribution in [0.25, 0.3) is 0 Å². The van der Waals surface area contributed by atoms with Crippen LogP contribution in [0.3, 0.4) is 0 Å². The van der Waals surface area contributed by atoms with Gasteiger partial charge in [-0.3, -0.25) is 0 Å². The van der Waals surface area contributed by atoms with Gasteiger partial charge >= 0.3 is 6.18 Å². The molecule has 18 heavy (non-hydrogen) atoms. The van der Waals surface area contributed by atoms with Crippen LogP contribution in [0.5, 0.6) is 0 Å². The van der Waals surface area contributed by atoms with E-state index in [9.17, 15) is 21.6 Å². The fraction of sp³-hybridized carbons (Fsp3) is 1.00. The summed E-state index contributed by atoms with van der Waals surface area (Å²) in [4.78, 5) is 0. The topological polar surface area (TPSA) is 69.6 Å². The lowest BCUT2D eigenvalue weighted by atomic mass is 10.0. The van der Waals surface area contributed by atoms with Crippen LogP contribution in [0.4, 0.5) is 13.2 Å². The second-order valence-corrected chi connectivity index (χ2v) is 6.25. The van der Waals surface area contributed by atoms with E-state index in [4.69, 9.17) is 5.11 Å². The lowest BCUT2D eigenvalue weighted by molar-refractivity contribution is -0.200. The quantitative estimate of drug-likeness (QED) is 0.791. The normalized spacial score (nSPS) is 22.1. The molecule has 1 fully saturated rings. The Labute approximate surface area is 104 Å². The van der Waals surface area contributed by atoms with Gasteiger partial charge in [0.15, 0.2) is 6.10 Å². The van der Waals surface area contributed by atoms with E-state index in [-0.39, 0.29) is 0 Å². The number of halogens is 3. The first-order valence-corrected chi connectivity index (χ1v) is 7.06. The molecule has 1 unspecified atom stereocenters. The summed E-state index contributed by atoms with van der Waals surface area (Å²) >= 11 is 0. The third-order valence-electron chi connectivity index (χ3n) is 2.92. The van der Waals surface area contributed by atoms with Crippen molar-refractivity contribution in [3.05, 3.63) is 0 Å². The van der Waals surface area contributed by atoms with Crippen LogP contribution in [0.15, 0.2) is 0 Å². The smallest absolute Gasteiger partial charge is 0.382 e. The van der Waals surface area contributed by atoms with E-state index in [1.807, 2.05) is 6.92 Å². The fourth-order valence-corrected chi connectivity index (χ4v) is 2.86. The van der Waals surface area contributed by atoms with Crippen LogP contribution < -0.4 is 4.72 Å². The molecule has 9 heteroatoms. The minimum atomic E-state index is -4.82. The molecule has 0 aromatic rings. The molecule has 0 bridgehead atoms. The number of aliphatic hydroxyl groups is 1. The molecule has 1 atom stereocenters. The molecule has 0 aromatic heterocycles. The summed E-state index contributed by atoms with van der Waals surface area (Å²) in [6.45, 7) is 1.51. The highest BCUT2D eigenvalue weighted by molar-refractivity contribution is 7.87. The Morgan fingerprint density at radius 2 is 1.89 bits per heavy atom. The van der Waals surface area contributed by atoms with Crippen molar-refractivity contribution in [3.8, 4) is 0 Å². The van der Waals surface area contributed by atoms with Crippen molar-refractivity contribution in [2.45, 2.75) is 32.0 Å². The molecule has 0 amide bonds. The van der Waals surface area contributed by atoms with Crippen molar-refractivity contribution in [2.75, 3.05) is 19.6 Å². The predicted molar refractivity (Wildman–Crippen MR) is 59.0 cm³/mol. The molecular weight excluding hydrogens is 273 g/mol. The van der Waals surface area contributed by atoms with Gasteiger partial charge in [0.05, 0.1) is 0 Å². The third-order valence-corrected chi connectivity index (χ3v) is 4.50. The summed E-state index contributed by atoms with van der Waals surface area (Å²) in [6, 6.07) is 0. The molecule has 5 nitrogen and oxygen atoms in total. The molecular formula is C9H17F3N2O3S. The average molecular weight is 290 g/mol. The second kappa shape index (κ2) is 5.72. The van der Waals surface area contributed by atoms with Gasteiger partial charge in [-0.05, 0) is 18.8 Å². The van der Waals surface area contributed by atoms with Crippen molar-refractivity contribution in [1.29, 1.82) is 0 Å². The highest BCUT2D eigenvalue weighted by Gasteiger charge is 2.39. The SMILES string of the molecule is CC1CCN(S(=O)(=O)NCC(O)C(F)(F)F)CC1. The van der Waals surface area contributed by atoms with Crippen molar-refractivity contribution in [2.24, 2.45) is 5.92 Å². The van der Waals surface area contributed by atoms with E-state index < -0.39 is 29.0 Å². The number of hydrogen-bond donors (Lipinski definition) is 2. The number of nitrogens with zero attached hydrogens (tertiary/aromatic N) is 1. The lowest BCUT2D eigenvalue weighted by Gasteiger charge is -2.29. The van der Waals surface area contributed by atoms with Gasteiger partial charge in [-0.1, -0.05) is 6.92 Å². The molecule has 0 spiro atoms. The van der Waals surface area contributed by atoms with E-state index >= 15 is 0 Å². The molecule has 1 rings (SSSR count). The number of nitrogens with one attached hydrogen (secondary N) is 1. The minimum absolute atomic E-state index is 0.290. The summed E-state index contributed by atoms with van der Waals surface area (Å²) in [7, 11) is -3.94. The van der Waals surface area contributed by atoms with Gasteiger partial charge in [0, 0.05) is 19.6 Å². The van der Waals surface area contributed by atoms with Crippen LogP contribution in [-0.2, 0) is 10.2 Å².